The number of alkyl halides is 2. The number of methoxy groups -OCH3 is 1. The second-order valence-electron chi connectivity index (χ2n) is 6.45. The first-order chi connectivity index (χ1) is 8.91. The van der Waals surface area contributed by atoms with E-state index in [4.69, 9.17) is 4.74 Å². The molecule has 1 aromatic carbocycles. The lowest BCUT2D eigenvalue weighted by Crippen LogP contribution is -2.55. The third-order valence-corrected chi connectivity index (χ3v) is 5.46. The van der Waals surface area contributed by atoms with Crippen molar-refractivity contribution in [2.75, 3.05) is 7.11 Å². The maximum atomic E-state index is 14.3. The molecule has 0 unspecified atom stereocenters. The van der Waals surface area contributed by atoms with Crippen LogP contribution >= 0.6 is 0 Å². The molecular weight excluding hydrogens is 246 g/mol. The first kappa shape index (κ1) is 12.9. The number of halogens is 2. The molecule has 3 aliphatic carbocycles. The average molecular weight is 266 g/mol. The summed E-state index contributed by atoms with van der Waals surface area (Å²) in [6.07, 6.45) is 3.03. The van der Waals surface area contributed by atoms with Crippen LogP contribution in [0.4, 0.5) is 8.78 Å². The van der Waals surface area contributed by atoms with Gasteiger partial charge in [-0.2, -0.15) is 0 Å². The molecule has 0 atom stereocenters. The summed E-state index contributed by atoms with van der Waals surface area (Å²) < 4.78 is 33.8. The van der Waals surface area contributed by atoms with E-state index in [1.807, 2.05) is 24.3 Å². The molecule has 0 spiro atoms. The van der Waals surface area contributed by atoms with E-state index in [-0.39, 0.29) is 11.8 Å². The fourth-order valence-electron chi connectivity index (χ4n) is 3.80. The summed E-state index contributed by atoms with van der Waals surface area (Å²) >= 11 is 0. The van der Waals surface area contributed by atoms with Crippen molar-refractivity contribution in [3.05, 3.63) is 29.8 Å². The van der Waals surface area contributed by atoms with E-state index < -0.39 is 11.3 Å². The maximum absolute atomic E-state index is 14.3. The predicted octanol–water partition coefficient (Wildman–Crippen LogP) is 4.55. The minimum absolute atomic E-state index is 0.00281. The van der Waals surface area contributed by atoms with Crippen LogP contribution in [0.25, 0.3) is 0 Å². The molecule has 104 valence electrons. The molecule has 0 N–H and O–H groups in total. The number of rotatable bonds is 2. The fourth-order valence-corrected chi connectivity index (χ4v) is 3.80. The van der Waals surface area contributed by atoms with E-state index in [1.165, 1.54) is 0 Å². The molecule has 3 aliphatic rings. The normalized spacial score (nSPS) is 36.2. The van der Waals surface area contributed by atoms with Crippen molar-refractivity contribution in [1.82, 2.24) is 0 Å². The molecular formula is C16H20F2O. The monoisotopic (exact) mass is 266 g/mol. The van der Waals surface area contributed by atoms with Crippen molar-refractivity contribution >= 4 is 0 Å². The van der Waals surface area contributed by atoms with Crippen molar-refractivity contribution in [3.63, 3.8) is 0 Å². The quantitative estimate of drug-likeness (QED) is 0.763. The van der Waals surface area contributed by atoms with Crippen LogP contribution in [0.2, 0.25) is 0 Å². The van der Waals surface area contributed by atoms with Crippen LogP contribution in [-0.2, 0) is 5.41 Å². The topological polar surface area (TPSA) is 9.23 Å². The molecule has 3 fully saturated rings. The van der Waals surface area contributed by atoms with Crippen LogP contribution in [-0.4, -0.2) is 13.0 Å². The number of hydrogen-bond acceptors (Lipinski definition) is 1. The average Bonchev–Trinajstić information content (AvgIpc) is 2.40. The van der Waals surface area contributed by atoms with Crippen molar-refractivity contribution in [1.29, 1.82) is 0 Å². The molecule has 0 radical (unpaired) electrons. The van der Waals surface area contributed by atoms with Gasteiger partial charge in [0.25, 0.3) is 5.92 Å². The lowest BCUT2D eigenvalue weighted by atomic mass is 9.51. The first-order valence-corrected chi connectivity index (χ1v) is 6.93. The van der Waals surface area contributed by atoms with Crippen molar-refractivity contribution < 1.29 is 13.5 Å². The number of benzene rings is 1. The summed E-state index contributed by atoms with van der Waals surface area (Å²) in [5.41, 5.74) is -0.0518. The highest BCUT2D eigenvalue weighted by Crippen LogP contribution is 2.63. The van der Waals surface area contributed by atoms with E-state index in [1.54, 1.807) is 14.0 Å². The molecule has 3 saturated carbocycles. The lowest BCUT2D eigenvalue weighted by Gasteiger charge is -2.56. The molecule has 0 aromatic heterocycles. The Kier molecular flexibility index (Phi) is 2.67. The van der Waals surface area contributed by atoms with Gasteiger partial charge in [-0.15, -0.1) is 0 Å². The van der Waals surface area contributed by atoms with E-state index >= 15 is 0 Å². The minimum Gasteiger partial charge on any atom is -0.497 e. The Hall–Kier alpha value is -1.12. The van der Waals surface area contributed by atoms with Gasteiger partial charge in [-0.05, 0) is 43.4 Å². The highest BCUT2D eigenvalue weighted by Gasteiger charge is 2.62. The first-order valence-electron chi connectivity index (χ1n) is 6.93. The standard InChI is InChI=1S/C16H20F2O/c1-14-7-9-15(10-8-14,11-16(14,17)18)12-3-5-13(19-2)6-4-12/h3-6H,7-11H2,1-2H3. The summed E-state index contributed by atoms with van der Waals surface area (Å²) in [6.45, 7) is 1.75. The zero-order chi connectivity index (χ0) is 13.7. The van der Waals surface area contributed by atoms with E-state index in [0.717, 1.165) is 24.2 Å². The van der Waals surface area contributed by atoms with Crippen LogP contribution in [0.1, 0.15) is 44.6 Å². The number of fused-ring (bicyclic) bond motifs is 3. The zero-order valence-corrected chi connectivity index (χ0v) is 11.5. The third-order valence-electron chi connectivity index (χ3n) is 5.46. The molecule has 1 nitrogen and oxygen atoms in total. The molecule has 1 aromatic rings. The lowest BCUT2D eigenvalue weighted by molar-refractivity contribution is -0.194. The van der Waals surface area contributed by atoms with Crippen LogP contribution in [0, 0.1) is 5.41 Å². The maximum Gasteiger partial charge on any atom is 0.254 e. The summed E-state index contributed by atoms with van der Waals surface area (Å²) in [7, 11) is 1.62. The van der Waals surface area contributed by atoms with Crippen molar-refractivity contribution in [3.8, 4) is 5.75 Å². The zero-order valence-electron chi connectivity index (χ0n) is 11.5. The highest BCUT2D eigenvalue weighted by atomic mass is 19.3. The SMILES string of the molecule is COc1ccc(C23CCC(C)(CC2)C(F)(F)C3)cc1. The highest BCUT2D eigenvalue weighted by molar-refractivity contribution is 5.35. The number of hydrogen-bond donors (Lipinski definition) is 0. The van der Waals surface area contributed by atoms with Gasteiger partial charge in [0.1, 0.15) is 5.75 Å². The summed E-state index contributed by atoms with van der Waals surface area (Å²) in [5.74, 6) is -1.76. The van der Waals surface area contributed by atoms with Gasteiger partial charge in [-0.3, -0.25) is 0 Å². The largest absolute Gasteiger partial charge is 0.497 e. The second-order valence-corrected chi connectivity index (χ2v) is 6.45. The second kappa shape index (κ2) is 3.94. The van der Waals surface area contributed by atoms with Gasteiger partial charge in [0, 0.05) is 17.3 Å². The van der Waals surface area contributed by atoms with Gasteiger partial charge in [0.05, 0.1) is 7.11 Å². The van der Waals surface area contributed by atoms with Crippen LogP contribution in [0.5, 0.6) is 5.75 Å². The molecule has 0 aliphatic heterocycles. The van der Waals surface area contributed by atoms with E-state index in [9.17, 15) is 8.78 Å². The summed E-state index contributed by atoms with van der Waals surface area (Å²) in [5, 5.41) is 0. The van der Waals surface area contributed by atoms with Gasteiger partial charge < -0.3 is 4.74 Å². The molecule has 0 amide bonds. The Labute approximate surface area is 113 Å². The van der Waals surface area contributed by atoms with Gasteiger partial charge in [-0.25, -0.2) is 8.78 Å². The fraction of sp³-hybridized carbons (Fsp3) is 0.625. The van der Waals surface area contributed by atoms with Crippen LogP contribution in [0.3, 0.4) is 0 Å². The van der Waals surface area contributed by atoms with Gasteiger partial charge >= 0.3 is 0 Å². The summed E-state index contributed by atoms with van der Waals surface area (Å²) in [4.78, 5) is 0. The molecule has 3 heteroatoms. The Morgan fingerprint density at radius 2 is 1.58 bits per heavy atom. The Bertz CT molecular complexity index is 470. The number of ether oxygens (including phenoxy) is 1. The minimum atomic E-state index is -2.54. The van der Waals surface area contributed by atoms with Crippen LogP contribution in [0.15, 0.2) is 24.3 Å². The van der Waals surface area contributed by atoms with Crippen molar-refractivity contribution in [2.45, 2.75) is 50.4 Å². The van der Waals surface area contributed by atoms with Crippen molar-refractivity contribution in [2.24, 2.45) is 5.41 Å². The van der Waals surface area contributed by atoms with Gasteiger partial charge in [-0.1, -0.05) is 19.1 Å². The molecule has 0 saturated heterocycles. The van der Waals surface area contributed by atoms with E-state index in [2.05, 4.69) is 0 Å². The predicted molar refractivity (Wildman–Crippen MR) is 70.8 cm³/mol. The Morgan fingerprint density at radius 3 is 2.05 bits per heavy atom. The van der Waals surface area contributed by atoms with Gasteiger partial charge in [0.2, 0.25) is 0 Å². The molecule has 4 rings (SSSR count). The molecule has 2 bridgehead atoms. The Balaban J connectivity index is 1.95. The third kappa shape index (κ3) is 1.78. The van der Waals surface area contributed by atoms with Crippen LogP contribution < -0.4 is 4.74 Å². The van der Waals surface area contributed by atoms with Gasteiger partial charge in [0.15, 0.2) is 0 Å². The molecule has 19 heavy (non-hydrogen) atoms. The smallest absolute Gasteiger partial charge is 0.254 e. The molecule has 0 heterocycles. The van der Waals surface area contributed by atoms with E-state index in [0.29, 0.717) is 12.8 Å². The summed E-state index contributed by atoms with van der Waals surface area (Å²) in [6, 6.07) is 7.68. The Morgan fingerprint density at radius 1 is 1.00 bits per heavy atom.